The van der Waals surface area contributed by atoms with Crippen LogP contribution >= 0.6 is 0 Å². The largest absolute Gasteiger partial charge is 0.478 e. The number of aliphatic hydroxyl groups is 1. The third kappa shape index (κ3) is 13.6. The number of pyridine rings is 3. The van der Waals surface area contributed by atoms with Crippen LogP contribution in [0.3, 0.4) is 0 Å². The van der Waals surface area contributed by atoms with Crippen molar-refractivity contribution in [3.8, 4) is 0 Å². The number of carboxylic acids is 1. The van der Waals surface area contributed by atoms with Gasteiger partial charge in [-0.05, 0) is 49.2 Å². The lowest BCUT2D eigenvalue weighted by Gasteiger charge is -2.02. The van der Waals surface area contributed by atoms with Crippen LogP contribution in [0.1, 0.15) is 52.4 Å². The van der Waals surface area contributed by atoms with Gasteiger partial charge in [0.15, 0.2) is 0 Å². The van der Waals surface area contributed by atoms with E-state index in [2.05, 4.69) is 27.9 Å². The van der Waals surface area contributed by atoms with E-state index >= 15 is 0 Å². The van der Waals surface area contributed by atoms with E-state index in [1.54, 1.807) is 38.7 Å². The number of rotatable bonds is 9. The number of aromatic nitrogens is 3. The van der Waals surface area contributed by atoms with E-state index < -0.39 is 5.97 Å². The summed E-state index contributed by atoms with van der Waals surface area (Å²) in [4.78, 5) is 23.0. The number of hydrogen-bond acceptors (Lipinski definition) is 7. The number of carboxylic acid groups (broad SMARTS) is 1. The summed E-state index contributed by atoms with van der Waals surface area (Å²) in [5.74, 6) is -0.945. The zero-order valence-electron chi connectivity index (χ0n) is 22.4. The van der Waals surface area contributed by atoms with Crippen molar-refractivity contribution in [2.45, 2.75) is 47.0 Å². The molecule has 2 N–H and O–H groups in total. The van der Waals surface area contributed by atoms with Crippen LogP contribution in [0.15, 0.2) is 55.0 Å². The Morgan fingerprint density at radius 1 is 0.750 bits per heavy atom. The van der Waals surface area contributed by atoms with Crippen LogP contribution in [-0.2, 0) is 28.7 Å². The molecule has 0 aliphatic carbocycles. The van der Waals surface area contributed by atoms with Gasteiger partial charge in [-0.1, -0.05) is 26.0 Å². The fourth-order valence-corrected chi connectivity index (χ4v) is 2.90. The second-order valence-corrected chi connectivity index (χ2v) is 7.30. The van der Waals surface area contributed by atoms with Crippen LogP contribution in [0.25, 0.3) is 0 Å². The highest BCUT2D eigenvalue weighted by molar-refractivity contribution is 5.88. The quantitative estimate of drug-likeness (QED) is 0.442. The Hall–Kier alpha value is -3.20. The highest BCUT2D eigenvalue weighted by Crippen LogP contribution is 2.06. The number of hydrogen-bond donors (Lipinski definition) is 2. The second kappa shape index (κ2) is 21.1. The Labute approximate surface area is 215 Å². The van der Waals surface area contributed by atoms with Gasteiger partial charge in [0.2, 0.25) is 0 Å². The third-order valence-corrected chi connectivity index (χ3v) is 4.79. The molecule has 0 bridgehead atoms. The van der Waals surface area contributed by atoms with Gasteiger partial charge < -0.3 is 19.7 Å². The van der Waals surface area contributed by atoms with E-state index in [0.29, 0.717) is 25.1 Å². The van der Waals surface area contributed by atoms with Gasteiger partial charge in [-0.25, -0.2) is 4.79 Å². The Kier molecular flexibility index (Phi) is 19.2. The Balaban J connectivity index is 0.000000497. The summed E-state index contributed by atoms with van der Waals surface area (Å²) < 4.78 is 9.81. The number of nitrogens with zero attached hydrogens (tertiary/aromatic N) is 3. The molecule has 8 nitrogen and oxygen atoms in total. The summed E-state index contributed by atoms with van der Waals surface area (Å²) >= 11 is 0. The lowest BCUT2D eigenvalue weighted by molar-refractivity contribution is 0.0694. The summed E-state index contributed by atoms with van der Waals surface area (Å²) in [6.07, 6.45) is 7.24. The lowest BCUT2D eigenvalue weighted by Crippen LogP contribution is -2.06. The van der Waals surface area contributed by atoms with E-state index in [0.717, 1.165) is 30.0 Å². The van der Waals surface area contributed by atoms with Gasteiger partial charge in [0, 0.05) is 70.1 Å². The van der Waals surface area contributed by atoms with Crippen LogP contribution in [0, 0.1) is 13.8 Å². The van der Waals surface area contributed by atoms with Crippen molar-refractivity contribution in [2.24, 2.45) is 0 Å². The van der Waals surface area contributed by atoms with E-state index in [1.165, 1.54) is 5.56 Å². The molecule has 0 saturated carbocycles. The molecule has 0 saturated heterocycles. The molecule has 0 spiro atoms. The predicted molar refractivity (Wildman–Crippen MR) is 142 cm³/mol. The molecule has 3 aromatic rings. The standard InChI is InChI=1S/C9H11NO3.C9H13NO.C8H11NO.C2H6/c1-13-6-4-8-7(9(11)12)3-2-5-10-8;1-8-4-3-6-10-9(8)5-7-11-2;1-7-3-2-5-9-8(7)4-6-10;1-2/h2-3,5H,4,6H2,1H3,(H,11,12);3-4,6H,5,7H2,1-2H3;2-3,5,10H,4,6H2,1H3;1-2H3. The summed E-state index contributed by atoms with van der Waals surface area (Å²) in [5, 5.41) is 17.4. The molecule has 36 heavy (non-hydrogen) atoms. The topological polar surface area (TPSA) is 115 Å². The molecular weight excluding hydrogens is 458 g/mol. The fourth-order valence-electron chi connectivity index (χ4n) is 2.90. The van der Waals surface area contributed by atoms with Gasteiger partial charge in [0.25, 0.3) is 0 Å². The zero-order valence-corrected chi connectivity index (χ0v) is 22.4. The van der Waals surface area contributed by atoms with Crippen molar-refractivity contribution in [1.29, 1.82) is 0 Å². The molecular formula is C28H41N3O5. The maximum atomic E-state index is 10.7. The number of carbonyl (C=O) groups is 1. The monoisotopic (exact) mass is 499 g/mol. The Bertz CT molecular complexity index is 983. The van der Waals surface area contributed by atoms with Gasteiger partial charge in [-0.2, -0.15) is 0 Å². The third-order valence-electron chi connectivity index (χ3n) is 4.79. The normalized spacial score (nSPS) is 9.53. The van der Waals surface area contributed by atoms with E-state index in [4.69, 9.17) is 19.7 Å². The van der Waals surface area contributed by atoms with Crippen LogP contribution in [0.4, 0.5) is 0 Å². The van der Waals surface area contributed by atoms with E-state index in [-0.39, 0.29) is 12.2 Å². The first-order valence-electron chi connectivity index (χ1n) is 12.0. The molecule has 3 rings (SSSR count). The predicted octanol–water partition coefficient (Wildman–Crippen LogP) is 4.50. The zero-order chi connectivity index (χ0) is 27.2. The average molecular weight is 500 g/mol. The van der Waals surface area contributed by atoms with Crippen molar-refractivity contribution in [2.75, 3.05) is 34.0 Å². The first-order valence-corrected chi connectivity index (χ1v) is 12.0. The first-order chi connectivity index (χ1) is 17.4. The number of ether oxygens (including phenoxy) is 2. The van der Waals surface area contributed by atoms with Crippen LogP contribution < -0.4 is 0 Å². The molecule has 0 amide bonds. The minimum absolute atomic E-state index is 0.178. The lowest BCUT2D eigenvalue weighted by atomic mass is 10.1. The summed E-state index contributed by atoms with van der Waals surface area (Å²) in [5.41, 5.74) is 5.33. The van der Waals surface area contributed by atoms with Crippen LogP contribution in [-0.4, -0.2) is 65.2 Å². The van der Waals surface area contributed by atoms with Gasteiger partial charge in [0.05, 0.1) is 24.5 Å². The molecule has 0 unspecified atom stereocenters. The van der Waals surface area contributed by atoms with Crippen molar-refractivity contribution in [3.05, 3.63) is 88.8 Å². The summed E-state index contributed by atoms with van der Waals surface area (Å²) in [7, 11) is 3.28. The van der Waals surface area contributed by atoms with Crippen molar-refractivity contribution < 1.29 is 24.5 Å². The molecule has 0 aliphatic heterocycles. The minimum atomic E-state index is -0.945. The second-order valence-electron chi connectivity index (χ2n) is 7.30. The molecule has 0 radical (unpaired) electrons. The maximum Gasteiger partial charge on any atom is 0.337 e. The minimum Gasteiger partial charge on any atom is -0.478 e. The molecule has 0 aliphatic rings. The number of aromatic carboxylic acids is 1. The Morgan fingerprint density at radius 3 is 1.58 bits per heavy atom. The molecule has 3 aromatic heterocycles. The van der Waals surface area contributed by atoms with E-state index in [1.807, 2.05) is 45.2 Å². The highest BCUT2D eigenvalue weighted by Gasteiger charge is 2.09. The fraction of sp³-hybridized carbons (Fsp3) is 0.429. The molecule has 8 heteroatoms. The number of methoxy groups -OCH3 is 2. The van der Waals surface area contributed by atoms with Crippen LogP contribution in [0.5, 0.6) is 0 Å². The molecule has 3 heterocycles. The van der Waals surface area contributed by atoms with Gasteiger partial charge >= 0.3 is 5.97 Å². The molecule has 198 valence electrons. The average Bonchev–Trinajstić information content (AvgIpc) is 2.90. The molecule has 0 fully saturated rings. The summed E-state index contributed by atoms with van der Waals surface area (Å²) in [6.45, 7) is 9.48. The van der Waals surface area contributed by atoms with Crippen LogP contribution in [0.2, 0.25) is 0 Å². The smallest absolute Gasteiger partial charge is 0.337 e. The SMILES string of the molecule is CC.COCCc1ncccc1C.COCCc1ncccc1C(=O)O.Cc1cccnc1CCO. The first kappa shape index (κ1) is 32.8. The molecule has 0 aromatic carbocycles. The highest BCUT2D eigenvalue weighted by atomic mass is 16.5. The number of aryl methyl sites for hydroxylation is 2. The maximum absolute atomic E-state index is 10.7. The van der Waals surface area contributed by atoms with Crippen molar-refractivity contribution in [1.82, 2.24) is 15.0 Å². The van der Waals surface area contributed by atoms with Crippen molar-refractivity contribution >= 4 is 5.97 Å². The van der Waals surface area contributed by atoms with E-state index in [9.17, 15) is 4.79 Å². The van der Waals surface area contributed by atoms with Gasteiger partial charge in [0.1, 0.15) is 0 Å². The van der Waals surface area contributed by atoms with Gasteiger partial charge in [-0.15, -0.1) is 0 Å². The number of aliphatic hydroxyl groups excluding tert-OH is 1. The summed E-state index contributed by atoms with van der Waals surface area (Å²) in [6, 6.07) is 11.1. The molecule has 0 atom stereocenters. The van der Waals surface area contributed by atoms with Crippen molar-refractivity contribution in [3.63, 3.8) is 0 Å². The Morgan fingerprint density at radius 2 is 1.17 bits per heavy atom. The van der Waals surface area contributed by atoms with Gasteiger partial charge in [-0.3, -0.25) is 15.0 Å².